The first-order chi connectivity index (χ1) is 12.1. The highest BCUT2D eigenvalue weighted by Crippen LogP contribution is 2.28. The first kappa shape index (κ1) is 16.7. The molecule has 2 heterocycles. The van der Waals surface area contributed by atoms with Crippen LogP contribution in [0.4, 0.5) is 5.88 Å². The van der Waals surface area contributed by atoms with Crippen LogP contribution in [0.3, 0.4) is 0 Å². The summed E-state index contributed by atoms with van der Waals surface area (Å²) in [4.78, 5) is 10.0. The number of tetrazole rings is 1. The van der Waals surface area contributed by atoms with E-state index in [4.69, 9.17) is 9.15 Å². The number of hydrogen-bond donors (Lipinski definition) is 0. The number of rotatable bonds is 6. The Morgan fingerprint density at radius 1 is 1.36 bits per heavy atom. The highest BCUT2D eigenvalue weighted by Gasteiger charge is 2.13. The third-order valence-electron chi connectivity index (χ3n) is 3.20. The Hall–Kier alpha value is -3.14. The Kier molecular flexibility index (Phi) is 4.80. The Morgan fingerprint density at radius 3 is 2.92 bits per heavy atom. The molecule has 0 radical (unpaired) electrons. The molecule has 0 aliphatic carbocycles. The van der Waals surface area contributed by atoms with Crippen molar-refractivity contribution in [3.63, 3.8) is 0 Å². The quantitative estimate of drug-likeness (QED) is 0.375. The summed E-state index contributed by atoms with van der Waals surface area (Å²) in [5.41, 5.74) is 1.76. The lowest BCUT2D eigenvalue weighted by molar-refractivity contribution is -0.402. The smallest absolute Gasteiger partial charge is 0.433 e. The molecular weight excluding hydrogens is 346 g/mol. The van der Waals surface area contributed by atoms with E-state index in [1.807, 2.05) is 25.1 Å². The number of aromatic nitrogens is 4. The standard InChI is InChI=1S/C15H13N5O4S/c1-10-3-5-13(23-2)12(9-10)19-15(16-17-18-19)25-8-7-11-4-6-14(24-11)20(21)22/h3-9H,1-2H3. The van der Waals surface area contributed by atoms with Crippen LogP contribution in [0.25, 0.3) is 11.8 Å². The number of hydrogen-bond acceptors (Lipinski definition) is 8. The molecule has 0 saturated heterocycles. The average Bonchev–Trinajstić information content (AvgIpc) is 3.24. The zero-order valence-corrected chi connectivity index (χ0v) is 14.1. The Morgan fingerprint density at radius 2 is 2.20 bits per heavy atom. The van der Waals surface area contributed by atoms with Crippen LogP contribution < -0.4 is 4.74 Å². The lowest BCUT2D eigenvalue weighted by Crippen LogP contribution is -2.02. The predicted octanol–water partition coefficient (Wildman–Crippen LogP) is 3.24. The van der Waals surface area contributed by atoms with Gasteiger partial charge in [0.25, 0.3) is 0 Å². The van der Waals surface area contributed by atoms with E-state index in [1.165, 1.54) is 23.9 Å². The van der Waals surface area contributed by atoms with Gasteiger partial charge < -0.3 is 9.15 Å². The van der Waals surface area contributed by atoms with E-state index in [0.29, 0.717) is 16.7 Å². The Bertz CT molecular complexity index is 934. The third kappa shape index (κ3) is 3.69. The molecule has 3 rings (SSSR count). The highest BCUT2D eigenvalue weighted by molar-refractivity contribution is 8.02. The molecule has 0 amide bonds. The molecule has 0 bridgehead atoms. The van der Waals surface area contributed by atoms with Crippen LogP contribution in [0.5, 0.6) is 5.75 Å². The van der Waals surface area contributed by atoms with Gasteiger partial charge in [0, 0.05) is 0 Å². The van der Waals surface area contributed by atoms with Crippen LogP contribution in [0.2, 0.25) is 0 Å². The lowest BCUT2D eigenvalue weighted by Gasteiger charge is -2.09. The highest BCUT2D eigenvalue weighted by atomic mass is 32.2. The van der Waals surface area contributed by atoms with Gasteiger partial charge in [-0.05, 0) is 52.6 Å². The van der Waals surface area contributed by atoms with Crippen LogP contribution >= 0.6 is 11.8 Å². The topological polar surface area (TPSA) is 109 Å². The summed E-state index contributed by atoms with van der Waals surface area (Å²) in [6, 6.07) is 8.51. The summed E-state index contributed by atoms with van der Waals surface area (Å²) in [6.07, 6.45) is 1.60. The average molecular weight is 359 g/mol. The minimum atomic E-state index is -0.588. The minimum Gasteiger partial charge on any atom is -0.494 e. The van der Waals surface area contributed by atoms with E-state index in [9.17, 15) is 10.1 Å². The lowest BCUT2D eigenvalue weighted by atomic mass is 10.2. The molecule has 1 aromatic carbocycles. The molecule has 0 N–H and O–H groups in total. The Balaban J connectivity index is 1.81. The molecule has 9 nitrogen and oxygen atoms in total. The zero-order chi connectivity index (χ0) is 17.8. The van der Waals surface area contributed by atoms with Crippen LogP contribution in [0.1, 0.15) is 11.3 Å². The van der Waals surface area contributed by atoms with Gasteiger partial charge in [-0.15, -0.1) is 5.10 Å². The largest absolute Gasteiger partial charge is 0.494 e. The van der Waals surface area contributed by atoms with E-state index in [0.717, 1.165) is 11.3 Å². The molecular formula is C15H13N5O4S. The van der Waals surface area contributed by atoms with E-state index in [2.05, 4.69) is 15.5 Å². The molecule has 0 atom stereocenters. The second-order valence-corrected chi connectivity index (χ2v) is 5.78. The summed E-state index contributed by atoms with van der Waals surface area (Å²) in [5.74, 6) is 0.704. The molecule has 128 valence electrons. The van der Waals surface area contributed by atoms with Crippen molar-refractivity contribution in [3.05, 3.63) is 57.2 Å². The molecule has 3 aromatic rings. The minimum absolute atomic E-state index is 0.306. The van der Waals surface area contributed by atoms with Crippen molar-refractivity contribution >= 4 is 23.7 Å². The number of benzene rings is 1. The normalized spacial score (nSPS) is 11.1. The predicted molar refractivity (Wildman–Crippen MR) is 90.7 cm³/mol. The van der Waals surface area contributed by atoms with Crippen molar-refractivity contribution in [3.8, 4) is 11.4 Å². The summed E-state index contributed by atoms with van der Waals surface area (Å²) >= 11 is 1.25. The van der Waals surface area contributed by atoms with Gasteiger partial charge in [-0.1, -0.05) is 17.8 Å². The molecule has 2 aromatic heterocycles. The molecule has 0 spiro atoms. The van der Waals surface area contributed by atoms with E-state index in [1.54, 1.807) is 23.3 Å². The van der Waals surface area contributed by atoms with Gasteiger partial charge in [-0.3, -0.25) is 10.1 Å². The van der Waals surface area contributed by atoms with Crippen LogP contribution in [-0.2, 0) is 0 Å². The van der Waals surface area contributed by atoms with Crippen molar-refractivity contribution in [2.45, 2.75) is 12.1 Å². The van der Waals surface area contributed by atoms with E-state index >= 15 is 0 Å². The van der Waals surface area contributed by atoms with Gasteiger partial charge in [0.05, 0.1) is 13.2 Å². The summed E-state index contributed by atoms with van der Waals surface area (Å²) in [5, 5.41) is 24.5. The van der Waals surface area contributed by atoms with Gasteiger partial charge in [-0.25, -0.2) is 0 Å². The fourth-order valence-electron chi connectivity index (χ4n) is 2.06. The second kappa shape index (κ2) is 7.18. The van der Waals surface area contributed by atoms with Crippen LogP contribution in [-0.4, -0.2) is 32.2 Å². The van der Waals surface area contributed by atoms with Crippen LogP contribution in [0, 0.1) is 17.0 Å². The van der Waals surface area contributed by atoms with Crippen molar-refractivity contribution in [2.24, 2.45) is 0 Å². The maximum atomic E-state index is 10.6. The number of aryl methyl sites for hydroxylation is 1. The number of methoxy groups -OCH3 is 1. The van der Waals surface area contributed by atoms with Gasteiger partial charge in [0.2, 0.25) is 5.16 Å². The molecule has 0 saturated carbocycles. The molecule has 0 unspecified atom stereocenters. The Labute approximate surface area is 146 Å². The maximum absolute atomic E-state index is 10.6. The van der Waals surface area contributed by atoms with Gasteiger partial charge in [0.15, 0.2) is 0 Å². The van der Waals surface area contributed by atoms with Gasteiger partial charge in [-0.2, -0.15) is 4.68 Å². The third-order valence-corrected chi connectivity index (χ3v) is 3.94. The zero-order valence-electron chi connectivity index (χ0n) is 13.3. The number of furan rings is 1. The first-order valence-electron chi connectivity index (χ1n) is 7.09. The molecule has 0 aliphatic rings. The fourth-order valence-corrected chi connectivity index (χ4v) is 2.70. The molecule has 25 heavy (non-hydrogen) atoms. The van der Waals surface area contributed by atoms with Gasteiger partial charge >= 0.3 is 5.88 Å². The molecule has 0 fully saturated rings. The number of ether oxygens (including phenoxy) is 1. The van der Waals surface area contributed by atoms with Gasteiger partial charge in [0.1, 0.15) is 22.1 Å². The summed E-state index contributed by atoms with van der Waals surface area (Å²) in [6.45, 7) is 1.96. The summed E-state index contributed by atoms with van der Waals surface area (Å²) in [7, 11) is 1.58. The summed E-state index contributed by atoms with van der Waals surface area (Å²) < 4.78 is 12.0. The monoisotopic (exact) mass is 359 g/mol. The van der Waals surface area contributed by atoms with E-state index < -0.39 is 4.92 Å². The van der Waals surface area contributed by atoms with Crippen LogP contribution in [0.15, 0.2) is 45.3 Å². The second-order valence-electron chi connectivity index (χ2n) is 4.90. The maximum Gasteiger partial charge on any atom is 0.433 e. The van der Waals surface area contributed by atoms with Crippen molar-refractivity contribution < 1.29 is 14.1 Å². The van der Waals surface area contributed by atoms with Crippen molar-refractivity contribution in [1.82, 2.24) is 20.2 Å². The van der Waals surface area contributed by atoms with Crippen molar-refractivity contribution in [1.29, 1.82) is 0 Å². The van der Waals surface area contributed by atoms with E-state index in [-0.39, 0.29) is 5.88 Å². The SMILES string of the molecule is COc1ccc(C)cc1-n1nnnc1SC=Cc1ccc([N+](=O)[O-])o1. The molecule has 0 aliphatic heterocycles. The molecule has 10 heteroatoms. The first-order valence-corrected chi connectivity index (χ1v) is 7.97. The number of nitrogens with zero attached hydrogens (tertiary/aromatic N) is 5. The number of thioether (sulfide) groups is 1. The number of nitro groups is 1. The fraction of sp³-hybridized carbons (Fsp3) is 0.133. The van der Waals surface area contributed by atoms with Crippen molar-refractivity contribution in [2.75, 3.05) is 7.11 Å².